The molecule has 0 aromatic carbocycles. The molecule has 19 atom stereocenters. The van der Waals surface area contributed by atoms with E-state index in [2.05, 4.69) is 46.4 Å². The van der Waals surface area contributed by atoms with Crippen molar-refractivity contribution in [3.63, 3.8) is 0 Å². The zero-order valence-electron chi connectivity index (χ0n) is 35.0. The van der Waals surface area contributed by atoms with Crippen LogP contribution >= 0.6 is 11.8 Å². The van der Waals surface area contributed by atoms with Crippen molar-refractivity contribution in [3.8, 4) is 0 Å². The molecule has 0 saturated carbocycles. The second-order valence-electron chi connectivity index (χ2n) is 19.7. The van der Waals surface area contributed by atoms with Crippen LogP contribution in [0.2, 0.25) is 0 Å². The third-order valence-electron chi connectivity index (χ3n) is 14.9. The molecule has 0 radical (unpaired) electrons. The molecule has 8 rings (SSSR count). The quantitative estimate of drug-likeness (QED) is 0.144. The molecular weight excluding hydrogens is 769 g/mol. The lowest BCUT2D eigenvalue weighted by Crippen LogP contribution is -2.63. The Kier molecular flexibility index (Phi) is 12.2. The van der Waals surface area contributed by atoms with Gasteiger partial charge in [0.15, 0.2) is 17.2 Å². The van der Waals surface area contributed by atoms with E-state index in [1.807, 2.05) is 0 Å². The van der Waals surface area contributed by atoms with Gasteiger partial charge >= 0.3 is 5.97 Å². The fraction of sp³-hybridized carbons (Fsp3) is 0.886. The van der Waals surface area contributed by atoms with Crippen molar-refractivity contribution in [3.05, 3.63) is 24.3 Å². The molecule has 0 amide bonds. The molecule has 13 nitrogen and oxygen atoms in total. The minimum Gasteiger partial charge on any atom is -0.479 e. The second-order valence-corrected chi connectivity index (χ2v) is 21.3. The molecule has 8 aliphatic rings. The number of rotatable bonds is 10. The Morgan fingerprint density at radius 3 is 2.50 bits per heavy atom. The highest BCUT2D eigenvalue weighted by Crippen LogP contribution is 2.67. The number of carboxylic acids is 1. The van der Waals surface area contributed by atoms with Crippen LogP contribution in [0.3, 0.4) is 0 Å². The van der Waals surface area contributed by atoms with Gasteiger partial charge < -0.3 is 58.7 Å². The number of thioether (sulfide) groups is 1. The minimum absolute atomic E-state index is 0.0406. The maximum atomic E-state index is 11.7. The van der Waals surface area contributed by atoms with Crippen LogP contribution in [0.4, 0.5) is 0 Å². The lowest BCUT2D eigenvalue weighted by atomic mass is 9.79. The fourth-order valence-electron chi connectivity index (χ4n) is 11.3. The van der Waals surface area contributed by atoms with Crippen LogP contribution in [-0.4, -0.2) is 132 Å². The van der Waals surface area contributed by atoms with E-state index in [4.69, 9.17) is 33.2 Å². The van der Waals surface area contributed by atoms with E-state index < -0.39 is 71.7 Å². The van der Waals surface area contributed by atoms with Crippen LogP contribution in [0.5, 0.6) is 0 Å². The second kappa shape index (κ2) is 16.2. The van der Waals surface area contributed by atoms with Crippen LogP contribution in [-0.2, 0) is 38.0 Å². The standard InChI is InChI=1S/C44H68O13S/c1-24(32-23-41(6)38(58-41)44(55-32)33(46)12-11-29(54-44)22-40(5,50)39(48)49)9-10-28-14-18-43(53-28)19-15-31-37(57-43)34(47)27(4)36(52-31)30(45)21-26(3)35-25(2)13-17-42(56-35)16-7-8-20-51-42/h9-10,24-26,28-38,45-47,50H,4,7-8,11-23H2,1-3,5-6H3,(H,48,49)/b10-9+. The van der Waals surface area contributed by atoms with Gasteiger partial charge in [0.05, 0.1) is 48.5 Å². The Bertz CT molecular complexity index is 1550. The van der Waals surface area contributed by atoms with Crippen LogP contribution in [0.25, 0.3) is 0 Å². The first-order valence-electron chi connectivity index (χ1n) is 22.1. The number of aliphatic carboxylic acids is 1. The van der Waals surface area contributed by atoms with Crippen LogP contribution in [0, 0.1) is 17.8 Å². The van der Waals surface area contributed by atoms with E-state index in [1.54, 1.807) is 11.8 Å². The first kappa shape index (κ1) is 43.5. The maximum absolute atomic E-state index is 11.7. The van der Waals surface area contributed by atoms with Crippen molar-refractivity contribution in [2.24, 2.45) is 17.8 Å². The number of hydrogen-bond donors (Lipinski definition) is 5. The molecule has 5 N–H and O–H groups in total. The van der Waals surface area contributed by atoms with E-state index in [1.165, 1.54) is 6.92 Å². The molecule has 8 fully saturated rings. The third kappa shape index (κ3) is 8.25. The van der Waals surface area contributed by atoms with Gasteiger partial charge in [-0.25, -0.2) is 4.79 Å². The molecule has 8 aliphatic heterocycles. The smallest absolute Gasteiger partial charge is 0.335 e. The van der Waals surface area contributed by atoms with Gasteiger partial charge in [-0.1, -0.05) is 39.5 Å². The number of carboxylic acid groups (broad SMARTS) is 1. The Morgan fingerprint density at radius 2 is 1.76 bits per heavy atom. The van der Waals surface area contributed by atoms with Gasteiger partial charge in [0.25, 0.3) is 0 Å². The van der Waals surface area contributed by atoms with Crippen molar-refractivity contribution in [2.45, 2.75) is 219 Å². The summed E-state index contributed by atoms with van der Waals surface area (Å²) >= 11 is 1.72. The minimum atomic E-state index is -1.95. The molecule has 0 aliphatic carbocycles. The van der Waals surface area contributed by atoms with Crippen molar-refractivity contribution >= 4 is 17.7 Å². The van der Waals surface area contributed by atoms with Crippen LogP contribution in [0.1, 0.15) is 125 Å². The van der Waals surface area contributed by atoms with E-state index in [0.717, 1.165) is 51.6 Å². The highest BCUT2D eigenvalue weighted by molar-refractivity contribution is 8.08. The van der Waals surface area contributed by atoms with Crippen LogP contribution in [0.15, 0.2) is 24.3 Å². The number of fused-ring (bicyclic) bond motifs is 3. The molecule has 0 aromatic rings. The molecular formula is C44H68O13S. The van der Waals surface area contributed by atoms with Crippen molar-refractivity contribution < 1.29 is 63.5 Å². The zero-order valence-corrected chi connectivity index (χ0v) is 35.8. The van der Waals surface area contributed by atoms with Crippen molar-refractivity contribution in [1.29, 1.82) is 0 Å². The Hall–Kier alpha value is -1.14. The van der Waals surface area contributed by atoms with Gasteiger partial charge in [-0.3, -0.25) is 0 Å². The summed E-state index contributed by atoms with van der Waals surface area (Å²) in [6, 6.07) is 0. The van der Waals surface area contributed by atoms with Crippen molar-refractivity contribution in [2.75, 3.05) is 6.61 Å². The summed E-state index contributed by atoms with van der Waals surface area (Å²) in [5.41, 5.74) is -1.52. The SMILES string of the molecule is C=C1C(O)C2OC3(CCC(/C=C/C(C)C4CC5(C)SC5C5(OC(CC(C)(O)C(=O)O)CCC5O)O4)O3)CCC2OC1C(O)CC(C)C1OC2(CCCCO2)CCC1C. The number of ether oxygens (including phenoxy) is 7. The first-order chi connectivity index (χ1) is 27.4. The lowest BCUT2D eigenvalue weighted by Gasteiger charge is -2.50. The summed E-state index contributed by atoms with van der Waals surface area (Å²) in [5, 5.41) is 54.3. The molecule has 8 heterocycles. The van der Waals surface area contributed by atoms with E-state index in [-0.39, 0.29) is 46.6 Å². The first-order valence-corrected chi connectivity index (χ1v) is 23.0. The lowest BCUT2D eigenvalue weighted by molar-refractivity contribution is -0.350. The molecule has 8 saturated heterocycles. The molecule has 58 heavy (non-hydrogen) atoms. The molecule has 0 aromatic heterocycles. The topological polar surface area (TPSA) is 183 Å². The Labute approximate surface area is 347 Å². The van der Waals surface area contributed by atoms with Gasteiger partial charge in [0.1, 0.15) is 24.4 Å². The van der Waals surface area contributed by atoms with Gasteiger partial charge in [0, 0.05) is 42.8 Å². The molecule has 3 spiro atoms. The Morgan fingerprint density at radius 1 is 1.00 bits per heavy atom. The van der Waals surface area contributed by atoms with Gasteiger partial charge in [-0.2, -0.15) is 0 Å². The molecule has 328 valence electrons. The van der Waals surface area contributed by atoms with Crippen LogP contribution < -0.4 is 0 Å². The summed E-state index contributed by atoms with van der Waals surface area (Å²) in [5.74, 6) is -3.61. The average molecular weight is 837 g/mol. The predicted molar refractivity (Wildman–Crippen MR) is 214 cm³/mol. The molecule has 19 unspecified atom stereocenters. The number of carbonyl (C=O) groups is 1. The fourth-order valence-corrected chi connectivity index (χ4v) is 12.7. The highest BCUT2D eigenvalue weighted by Gasteiger charge is 2.72. The van der Waals surface area contributed by atoms with E-state index in [0.29, 0.717) is 50.0 Å². The zero-order chi connectivity index (χ0) is 41.4. The van der Waals surface area contributed by atoms with Gasteiger partial charge in [0.2, 0.25) is 5.79 Å². The molecule has 0 bridgehead atoms. The Balaban J connectivity index is 0.852. The largest absolute Gasteiger partial charge is 0.479 e. The number of hydrogen-bond acceptors (Lipinski definition) is 13. The summed E-state index contributed by atoms with van der Waals surface area (Å²) < 4.78 is 45.6. The van der Waals surface area contributed by atoms with E-state index in [9.17, 15) is 30.3 Å². The van der Waals surface area contributed by atoms with Gasteiger partial charge in [-0.05, 0) is 89.0 Å². The predicted octanol–water partition coefficient (Wildman–Crippen LogP) is 5.14. The number of aliphatic hydroxyl groups excluding tert-OH is 3. The normalized spacial score (nSPS) is 49.3. The third-order valence-corrected chi connectivity index (χ3v) is 16.7. The summed E-state index contributed by atoms with van der Waals surface area (Å²) in [6.07, 6.45) is 8.13. The summed E-state index contributed by atoms with van der Waals surface area (Å²) in [7, 11) is 0. The average Bonchev–Trinajstić information content (AvgIpc) is 3.74. The summed E-state index contributed by atoms with van der Waals surface area (Å²) in [4.78, 5) is 11.7. The van der Waals surface area contributed by atoms with Gasteiger partial charge in [-0.15, -0.1) is 11.8 Å². The van der Waals surface area contributed by atoms with Crippen molar-refractivity contribution in [1.82, 2.24) is 0 Å². The number of aliphatic hydroxyl groups is 4. The van der Waals surface area contributed by atoms with E-state index >= 15 is 0 Å². The summed E-state index contributed by atoms with van der Waals surface area (Å²) in [6.45, 7) is 14.8. The monoisotopic (exact) mass is 836 g/mol. The maximum Gasteiger partial charge on any atom is 0.335 e. The molecule has 14 heteroatoms. The highest BCUT2D eigenvalue weighted by atomic mass is 32.2.